The first-order valence-electron chi connectivity index (χ1n) is 8.97. The lowest BCUT2D eigenvalue weighted by Gasteiger charge is -2.24. The zero-order valence-electron chi connectivity index (χ0n) is 16.4. The number of amides is 1. The molecule has 1 fully saturated rings. The predicted octanol–water partition coefficient (Wildman–Crippen LogP) is 2.58. The number of hydrogen-bond donors (Lipinski definition) is 1. The third-order valence-corrected chi connectivity index (χ3v) is 4.70. The van der Waals surface area contributed by atoms with Crippen LogP contribution in [0.4, 0.5) is 0 Å². The van der Waals surface area contributed by atoms with E-state index in [1.165, 1.54) is 12.0 Å². The SMILES string of the molecule is COc1cccc(C(O)=C2C(=O)C(=O)N(CCN(C)C)[C@H]2c2ccc(C)o2)c1. The molecule has 148 valence electrons. The third-order valence-electron chi connectivity index (χ3n) is 4.70. The van der Waals surface area contributed by atoms with Crippen molar-refractivity contribution in [1.29, 1.82) is 0 Å². The molecule has 1 aromatic heterocycles. The Balaban J connectivity index is 2.13. The minimum Gasteiger partial charge on any atom is -0.507 e. The first kappa shape index (κ1) is 19.7. The second-order valence-electron chi connectivity index (χ2n) is 6.98. The highest BCUT2D eigenvalue weighted by Gasteiger charge is 2.47. The number of nitrogens with zero attached hydrogens (tertiary/aromatic N) is 2. The average molecular weight is 384 g/mol. The standard InChI is InChI=1S/C21H24N2O5/c1-13-8-9-16(28-13)18-17(19(24)14-6-5-7-15(12-14)27-4)20(25)21(26)23(18)11-10-22(2)3/h5-9,12,18,24H,10-11H2,1-4H3/t18-/m0/s1. The summed E-state index contributed by atoms with van der Waals surface area (Å²) < 4.78 is 10.9. The molecule has 1 aromatic carbocycles. The number of rotatable bonds is 6. The van der Waals surface area contributed by atoms with Gasteiger partial charge in [-0.3, -0.25) is 9.59 Å². The molecule has 1 saturated heterocycles. The van der Waals surface area contributed by atoms with E-state index >= 15 is 0 Å². The topological polar surface area (TPSA) is 83.2 Å². The zero-order valence-corrected chi connectivity index (χ0v) is 16.4. The van der Waals surface area contributed by atoms with Crippen LogP contribution >= 0.6 is 0 Å². The number of methoxy groups -OCH3 is 1. The molecule has 1 N–H and O–H groups in total. The first-order chi connectivity index (χ1) is 13.3. The van der Waals surface area contributed by atoms with Crippen molar-refractivity contribution in [3.05, 3.63) is 59.1 Å². The molecule has 7 heteroatoms. The van der Waals surface area contributed by atoms with Gasteiger partial charge in [0.15, 0.2) is 0 Å². The summed E-state index contributed by atoms with van der Waals surface area (Å²) in [5, 5.41) is 10.9. The van der Waals surface area contributed by atoms with Crippen molar-refractivity contribution < 1.29 is 23.8 Å². The number of carbonyl (C=O) groups excluding carboxylic acids is 2. The van der Waals surface area contributed by atoms with Gasteiger partial charge < -0.3 is 24.1 Å². The molecule has 0 radical (unpaired) electrons. The van der Waals surface area contributed by atoms with Gasteiger partial charge in [0, 0.05) is 18.7 Å². The van der Waals surface area contributed by atoms with E-state index in [-0.39, 0.29) is 11.3 Å². The number of likely N-dealkylation sites (N-methyl/N-ethyl adjacent to an activating group) is 1. The van der Waals surface area contributed by atoms with E-state index in [2.05, 4.69) is 0 Å². The van der Waals surface area contributed by atoms with E-state index in [0.29, 0.717) is 35.9 Å². The van der Waals surface area contributed by atoms with Gasteiger partial charge >= 0.3 is 0 Å². The molecule has 1 aliphatic rings. The molecule has 0 bridgehead atoms. The number of Topliss-reactive ketones (excluding diaryl/α,β-unsaturated/α-hetero) is 1. The predicted molar refractivity (Wildman–Crippen MR) is 104 cm³/mol. The number of furan rings is 1. The molecule has 2 heterocycles. The van der Waals surface area contributed by atoms with Gasteiger partial charge in [0.25, 0.3) is 11.7 Å². The molecule has 28 heavy (non-hydrogen) atoms. The molecule has 0 saturated carbocycles. The Hall–Kier alpha value is -3.06. The van der Waals surface area contributed by atoms with Gasteiger partial charge in [-0.15, -0.1) is 0 Å². The number of ether oxygens (including phenoxy) is 1. The third kappa shape index (κ3) is 3.66. The van der Waals surface area contributed by atoms with Crippen LogP contribution in [0.3, 0.4) is 0 Å². The Morgan fingerprint density at radius 2 is 2.00 bits per heavy atom. The largest absolute Gasteiger partial charge is 0.507 e. The zero-order chi connectivity index (χ0) is 20.4. The second-order valence-corrected chi connectivity index (χ2v) is 6.98. The van der Waals surface area contributed by atoms with Crippen molar-refractivity contribution in [1.82, 2.24) is 9.80 Å². The number of benzene rings is 1. The molecule has 0 unspecified atom stereocenters. The van der Waals surface area contributed by atoms with E-state index in [0.717, 1.165) is 0 Å². The van der Waals surface area contributed by atoms with Crippen LogP contribution in [0.1, 0.15) is 23.1 Å². The number of aliphatic hydroxyl groups is 1. The van der Waals surface area contributed by atoms with Gasteiger partial charge in [-0.2, -0.15) is 0 Å². The Bertz CT molecular complexity index is 928. The fraction of sp³-hybridized carbons (Fsp3) is 0.333. The fourth-order valence-corrected chi connectivity index (χ4v) is 3.24. The number of aryl methyl sites for hydroxylation is 1. The van der Waals surface area contributed by atoms with E-state index in [4.69, 9.17) is 9.15 Å². The lowest BCUT2D eigenvalue weighted by Crippen LogP contribution is -2.35. The lowest BCUT2D eigenvalue weighted by molar-refractivity contribution is -0.140. The quantitative estimate of drug-likeness (QED) is 0.468. The van der Waals surface area contributed by atoms with Crippen molar-refractivity contribution in [2.75, 3.05) is 34.3 Å². The van der Waals surface area contributed by atoms with Crippen molar-refractivity contribution >= 4 is 17.4 Å². The number of carbonyl (C=O) groups is 2. The maximum Gasteiger partial charge on any atom is 0.295 e. The highest BCUT2D eigenvalue weighted by molar-refractivity contribution is 6.46. The van der Waals surface area contributed by atoms with Crippen LogP contribution in [0.25, 0.3) is 5.76 Å². The van der Waals surface area contributed by atoms with Crippen molar-refractivity contribution in [3.63, 3.8) is 0 Å². The Morgan fingerprint density at radius 3 is 2.61 bits per heavy atom. The highest BCUT2D eigenvalue weighted by atomic mass is 16.5. The average Bonchev–Trinajstić information content (AvgIpc) is 3.21. The van der Waals surface area contributed by atoms with Gasteiger partial charge in [-0.1, -0.05) is 12.1 Å². The van der Waals surface area contributed by atoms with Crippen LogP contribution in [0.2, 0.25) is 0 Å². The second kappa shape index (κ2) is 7.90. The Kier molecular flexibility index (Phi) is 5.56. The molecular formula is C21H24N2O5. The molecule has 1 aliphatic heterocycles. The highest BCUT2D eigenvalue weighted by Crippen LogP contribution is 2.40. The van der Waals surface area contributed by atoms with E-state index < -0.39 is 17.7 Å². The summed E-state index contributed by atoms with van der Waals surface area (Å²) in [4.78, 5) is 28.9. The van der Waals surface area contributed by atoms with Gasteiger partial charge in [-0.25, -0.2) is 0 Å². The molecule has 0 spiro atoms. The maximum absolute atomic E-state index is 12.8. The van der Waals surface area contributed by atoms with E-state index in [9.17, 15) is 14.7 Å². The van der Waals surface area contributed by atoms with Crippen LogP contribution in [-0.2, 0) is 9.59 Å². The van der Waals surface area contributed by atoms with Gasteiger partial charge in [-0.05, 0) is 45.3 Å². The molecule has 3 rings (SSSR count). The van der Waals surface area contributed by atoms with Crippen LogP contribution in [0.15, 0.2) is 46.4 Å². The fourth-order valence-electron chi connectivity index (χ4n) is 3.24. The summed E-state index contributed by atoms with van der Waals surface area (Å²) in [6, 6.07) is 9.45. The van der Waals surface area contributed by atoms with Crippen LogP contribution in [0.5, 0.6) is 5.75 Å². The monoisotopic (exact) mass is 384 g/mol. The minimum absolute atomic E-state index is 0.0198. The van der Waals surface area contributed by atoms with Crippen LogP contribution < -0.4 is 4.74 Å². The minimum atomic E-state index is -0.778. The first-order valence-corrected chi connectivity index (χ1v) is 8.97. The lowest BCUT2D eigenvalue weighted by atomic mass is 9.99. The molecule has 7 nitrogen and oxygen atoms in total. The van der Waals surface area contributed by atoms with E-state index in [1.54, 1.807) is 43.3 Å². The number of hydrogen-bond acceptors (Lipinski definition) is 6. The molecule has 0 aliphatic carbocycles. The molecule has 1 amide bonds. The van der Waals surface area contributed by atoms with Crippen molar-refractivity contribution in [2.45, 2.75) is 13.0 Å². The summed E-state index contributed by atoms with van der Waals surface area (Å²) in [5.74, 6) is 0.0258. The summed E-state index contributed by atoms with van der Waals surface area (Å²) in [7, 11) is 5.29. The molecule has 1 atom stereocenters. The Labute approximate surface area is 163 Å². The maximum atomic E-state index is 12.8. The van der Waals surface area contributed by atoms with Crippen molar-refractivity contribution in [2.24, 2.45) is 0 Å². The normalized spacial score (nSPS) is 18.9. The van der Waals surface area contributed by atoms with Crippen LogP contribution in [-0.4, -0.2) is 60.9 Å². The summed E-state index contributed by atoms with van der Waals surface area (Å²) in [5.41, 5.74) is 0.421. The number of ketones is 1. The molecular weight excluding hydrogens is 360 g/mol. The van der Waals surface area contributed by atoms with Crippen molar-refractivity contribution in [3.8, 4) is 5.75 Å². The summed E-state index contributed by atoms with van der Waals surface area (Å²) in [6.45, 7) is 2.69. The number of aliphatic hydroxyl groups excluding tert-OH is 1. The van der Waals surface area contributed by atoms with E-state index in [1.807, 2.05) is 19.0 Å². The van der Waals surface area contributed by atoms with Gasteiger partial charge in [0.2, 0.25) is 0 Å². The summed E-state index contributed by atoms with van der Waals surface area (Å²) in [6.07, 6.45) is 0. The smallest absolute Gasteiger partial charge is 0.295 e. The summed E-state index contributed by atoms with van der Waals surface area (Å²) >= 11 is 0. The van der Waals surface area contributed by atoms with Gasteiger partial charge in [0.1, 0.15) is 29.1 Å². The van der Waals surface area contributed by atoms with Crippen LogP contribution in [0, 0.1) is 6.92 Å². The van der Waals surface area contributed by atoms with Gasteiger partial charge in [0.05, 0.1) is 12.7 Å². The Morgan fingerprint density at radius 1 is 1.25 bits per heavy atom. The molecule has 2 aromatic rings. The number of likely N-dealkylation sites (tertiary alicyclic amines) is 1.